The van der Waals surface area contributed by atoms with Crippen LogP contribution in [0, 0.1) is 5.92 Å². The van der Waals surface area contributed by atoms with Gasteiger partial charge in [0.15, 0.2) is 0 Å². The number of benzene rings is 1. The van der Waals surface area contributed by atoms with Gasteiger partial charge in [0, 0.05) is 13.2 Å². The van der Waals surface area contributed by atoms with Crippen LogP contribution in [0.1, 0.15) is 18.4 Å². The van der Waals surface area contributed by atoms with Crippen LogP contribution in [0.4, 0.5) is 0 Å². The van der Waals surface area contributed by atoms with Gasteiger partial charge in [-0.2, -0.15) is 0 Å². The molecule has 1 unspecified atom stereocenters. The van der Waals surface area contributed by atoms with Gasteiger partial charge in [-0.25, -0.2) is 0 Å². The number of hydrogen-bond acceptors (Lipinski definition) is 3. The summed E-state index contributed by atoms with van der Waals surface area (Å²) in [5, 5.41) is 19.2. The van der Waals surface area contributed by atoms with Gasteiger partial charge in [-0.1, -0.05) is 12.1 Å². The SMILES string of the molecule is Oc1ccc(CC(O)C2CCOCC2)cc1. The lowest BCUT2D eigenvalue weighted by molar-refractivity contribution is 0.00839. The Kier molecular flexibility index (Phi) is 3.80. The van der Waals surface area contributed by atoms with Gasteiger partial charge in [-0.15, -0.1) is 0 Å². The Labute approximate surface area is 95.7 Å². The smallest absolute Gasteiger partial charge is 0.115 e. The summed E-state index contributed by atoms with van der Waals surface area (Å²) in [7, 11) is 0. The third-order valence-corrected chi connectivity index (χ3v) is 3.19. The largest absolute Gasteiger partial charge is 0.508 e. The van der Waals surface area contributed by atoms with Crippen molar-refractivity contribution in [2.24, 2.45) is 5.92 Å². The molecule has 3 nitrogen and oxygen atoms in total. The zero-order valence-corrected chi connectivity index (χ0v) is 9.30. The summed E-state index contributed by atoms with van der Waals surface area (Å²) in [6, 6.07) is 7.04. The van der Waals surface area contributed by atoms with Gasteiger partial charge in [0.2, 0.25) is 0 Å². The van der Waals surface area contributed by atoms with Gasteiger partial charge in [0.25, 0.3) is 0 Å². The van der Waals surface area contributed by atoms with Crippen LogP contribution >= 0.6 is 0 Å². The number of aromatic hydroxyl groups is 1. The summed E-state index contributed by atoms with van der Waals surface area (Å²) < 4.78 is 5.27. The van der Waals surface area contributed by atoms with Crippen molar-refractivity contribution in [1.29, 1.82) is 0 Å². The molecule has 1 heterocycles. The van der Waals surface area contributed by atoms with Crippen LogP contribution in [0.25, 0.3) is 0 Å². The van der Waals surface area contributed by atoms with Crippen LogP contribution in [-0.4, -0.2) is 29.5 Å². The lowest BCUT2D eigenvalue weighted by Gasteiger charge is -2.26. The molecule has 3 heteroatoms. The van der Waals surface area contributed by atoms with Crippen LogP contribution in [0.3, 0.4) is 0 Å². The molecule has 0 saturated carbocycles. The number of aliphatic hydroxyl groups is 1. The number of hydrogen-bond donors (Lipinski definition) is 2. The number of phenolic OH excluding ortho intramolecular Hbond substituents is 1. The lowest BCUT2D eigenvalue weighted by Crippen LogP contribution is -2.28. The van der Waals surface area contributed by atoms with Gasteiger partial charge in [-0.3, -0.25) is 0 Å². The molecule has 1 aromatic rings. The van der Waals surface area contributed by atoms with Crippen molar-refractivity contribution in [3.63, 3.8) is 0 Å². The maximum Gasteiger partial charge on any atom is 0.115 e. The van der Waals surface area contributed by atoms with Gasteiger partial charge in [0.05, 0.1) is 6.10 Å². The summed E-state index contributed by atoms with van der Waals surface area (Å²) in [4.78, 5) is 0. The van der Waals surface area contributed by atoms with Crippen LogP contribution in [-0.2, 0) is 11.2 Å². The van der Waals surface area contributed by atoms with E-state index in [1.54, 1.807) is 12.1 Å². The van der Waals surface area contributed by atoms with Crippen LogP contribution in [0.5, 0.6) is 5.75 Å². The second kappa shape index (κ2) is 5.32. The molecule has 0 radical (unpaired) electrons. The molecule has 1 saturated heterocycles. The highest BCUT2D eigenvalue weighted by atomic mass is 16.5. The molecule has 1 aliphatic heterocycles. The molecular weight excluding hydrogens is 204 g/mol. The molecule has 0 spiro atoms. The van der Waals surface area contributed by atoms with E-state index in [-0.39, 0.29) is 11.9 Å². The van der Waals surface area contributed by atoms with E-state index >= 15 is 0 Å². The van der Waals surface area contributed by atoms with E-state index in [0.29, 0.717) is 12.3 Å². The van der Waals surface area contributed by atoms with Crippen molar-refractivity contribution in [2.75, 3.05) is 13.2 Å². The topological polar surface area (TPSA) is 49.7 Å². The average Bonchev–Trinajstić information content (AvgIpc) is 2.33. The fraction of sp³-hybridized carbons (Fsp3) is 0.538. The average molecular weight is 222 g/mol. The van der Waals surface area contributed by atoms with Crippen molar-refractivity contribution < 1.29 is 14.9 Å². The first-order valence-corrected chi connectivity index (χ1v) is 5.79. The Balaban J connectivity index is 1.90. The molecule has 88 valence electrons. The standard InChI is InChI=1S/C13H18O3/c14-12-3-1-10(2-4-12)9-13(15)11-5-7-16-8-6-11/h1-4,11,13-15H,5-9H2. The van der Waals surface area contributed by atoms with Crippen molar-refractivity contribution >= 4 is 0 Å². The molecule has 0 aliphatic carbocycles. The zero-order chi connectivity index (χ0) is 11.4. The molecule has 2 N–H and O–H groups in total. The molecule has 1 atom stereocenters. The summed E-state index contributed by atoms with van der Waals surface area (Å²) in [6.45, 7) is 1.52. The molecular formula is C13H18O3. The third kappa shape index (κ3) is 2.97. The maximum atomic E-state index is 10.1. The van der Waals surface area contributed by atoms with Gasteiger partial charge in [0.1, 0.15) is 5.75 Å². The van der Waals surface area contributed by atoms with Gasteiger partial charge < -0.3 is 14.9 Å². The summed E-state index contributed by atoms with van der Waals surface area (Å²) in [5.41, 5.74) is 1.07. The molecule has 1 fully saturated rings. The van der Waals surface area contributed by atoms with E-state index in [2.05, 4.69) is 0 Å². The molecule has 0 bridgehead atoms. The number of ether oxygens (including phenoxy) is 1. The Bertz CT molecular complexity index is 314. The quantitative estimate of drug-likeness (QED) is 0.818. The molecule has 0 aromatic heterocycles. The first-order chi connectivity index (χ1) is 7.75. The number of aliphatic hydroxyl groups excluding tert-OH is 1. The Morgan fingerprint density at radius 2 is 1.81 bits per heavy atom. The highest BCUT2D eigenvalue weighted by Gasteiger charge is 2.22. The lowest BCUT2D eigenvalue weighted by atomic mass is 9.90. The highest BCUT2D eigenvalue weighted by molar-refractivity contribution is 5.26. The van der Waals surface area contributed by atoms with E-state index in [4.69, 9.17) is 9.84 Å². The maximum absolute atomic E-state index is 10.1. The number of rotatable bonds is 3. The van der Waals surface area contributed by atoms with E-state index < -0.39 is 0 Å². The first kappa shape index (κ1) is 11.4. The first-order valence-electron chi connectivity index (χ1n) is 5.79. The van der Waals surface area contributed by atoms with Crippen molar-refractivity contribution in [3.05, 3.63) is 29.8 Å². The van der Waals surface area contributed by atoms with Crippen LogP contribution in [0.2, 0.25) is 0 Å². The minimum atomic E-state index is -0.298. The predicted octanol–water partition coefficient (Wildman–Crippen LogP) is 1.72. The van der Waals surface area contributed by atoms with Crippen molar-refractivity contribution in [2.45, 2.75) is 25.4 Å². The van der Waals surface area contributed by atoms with Gasteiger partial charge in [-0.05, 0) is 42.9 Å². The molecule has 2 rings (SSSR count). The number of phenols is 1. The Morgan fingerprint density at radius 1 is 1.19 bits per heavy atom. The minimum Gasteiger partial charge on any atom is -0.508 e. The third-order valence-electron chi connectivity index (χ3n) is 3.19. The van der Waals surface area contributed by atoms with Gasteiger partial charge >= 0.3 is 0 Å². The van der Waals surface area contributed by atoms with Crippen LogP contribution < -0.4 is 0 Å². The van der Waals surface area contributed by atoms with E-state index in [9.17, 15) is 5.11 Å². The van der Waals surface area contributed by atoms with E-state index in [1.165, 1.54) is 0 Å². The zero-order valence-electron chi connectivity index (χ0n) is 9.30. The van der Waals surface area contributed by atoms with Crippen molar-refractivity contribution in [3.8, 4) is 5.75 Å². The second-order valence-corrected chi connectivity index (χ2v) is 4.39. The van der Waals surface area contributed by atoms with Crippen molar-refractivity contribution in [1.82, 2.24) is 0 Å². The Morgan fingerprint density at radius 3 is 2.44 bits per heavy atom. The Hall–Kier alpha value is -1.06. The van der Waals surface area contributed by atoms with E-state index in [1.807, 2.05) is 12.1 Å². The predicted molar refractivity (Wildman–Crippen MR) is 61.4 cm³/mol. The fourth-order valence-corrected chi connectivity index (χ4v) is 2.14. The minimum absolute atomic E-state index is 0.268. The molecule has 1 aliphatic rings. The monoisotopic (exact) mass is 222 g/mol. The molecule has 0 amide bonds. The summed E-state index contributed by atoms with van der Waals surface area (Å²) >= 11 is 0. The second-order valence-electron chi connectivity index (χ2n) is 4.39. The van der Waals surface area contributed by atoms with Crippen LogP contribution in [0.15, 0.2) is 24.3 Å². The highest BCUT2D eigenvalue weighted by Crippen LogP contribution is 2.22. The fourth-order valence-electron chi connectivity index (χ4n) is 2.14. The molecule has 16 heavy (non-hydrogen) atoms. The summed E-state index contributed by atoms with van der Waals surface area (Å²) in [6.07, 6.45) is 2.25. The summed E-state index contributed by atoms with van der Waals surface area (Å²) in [5.74, 6) is 0.617. The normalized spacial score (nSPS) is 19.6. The molecule has 1 aromatic carbocycles. The van der Waals surface area contributed by atoms with E-state index in [0.717, 1.165) is 31.6 Å².